The van der Waals surface area contributed by atoms with Crippen LogP contribution in [0.5, 0.6) is 0 Å². The topological polar surface area (TPSA) is 57.5 Å². The number of carboxylic acid groups (broad SMARTS) is 1. The fourth-order valence-electron chi connectivity index (χ4n) is 3.41. The van der Waals surface area contributed by atoms with Gasteiger partial charge in [0, 0.05) is 0 Å². The quantitative estimate of drug-likeness (QED) is 0.234. The molecule has 0 spiro atoms. The number of hydrogen-bond donors (Lipinski definition) is 2. The average Bonchev–Trinajstić information content (AvgIpc) is 2.51. The van der Waals surface area contributed by atoms with Crippen molar-refractivity contribution in [3.05, 3.63) is 12.7 Å². The Morgan fingerprint density at radius 3 is 2.08 bits per heavy atom. The molecular formula is C20H40NO3+. The van der Waals surface area contributed by atoms with Crippen molar-refractivity contribution in [3.8, 4) is 0 Å². The monoisotopic (exact) mass is 342 g/mol. The smallest absolute Gasteiger partial charge is 0.359 e. The number of quaternary nitrogens is 1. The third kappa shape index (κ3) is 11.6. The highest BCUT2D eigenvalue weighted by Crippen LogP contribution is 2.17. The summed E-state index contributed by atoms with van der Waals surface area (Å²) in [6, 6.07) is 0. The second-order valence-electron chi connectivity index (χ2n) is 7.16. The van der Waals surface area contributed by atoms with E-state index in [1.165, 1.54) is 0 Å². The average molecular weight is 343 g/mol. The standard InChI is InChI=1S/C20H39NO3/c1-4-7-10-11-14-19(22)17-21(18-20(23)24,15-12-8-5-2)16-13-9-6-3/h4,19,22H,1,5-18H2,2-3H3/p+1. The molecule has 0 rings (SSSR count). The lowest BCUT2D eigenvalue weighted by atomic mass is 10.1. The summed E-state index contributed by atoms with van der Waals surface area (Å²) < 4.78 is 0.540. The molecule has 1 unspecified atom stereocenters. The zero-order valence-electron chi connectivity index (χ0n) is 16.0. The van der Waals surface area contributed by atoms with Crippen molar-refractivity contribution in [3.63, 3.8) is 0 Å². The second-order valence-corrected chi connectivity index (χ2v) is 7.16. The summed E-state index contributed by atoms with van der Waals surface area (Å²) in [5, 5.41) is 19.9. The summed E-state index contributed by atoms with van der Waals surface area (Å²) >= 11 is 0. The second kappa shape index (κ2) is 14.5. The number of hydrogen-bond acceptors (Lipinski definition) is 2. The van der Waals surface area contributed by atoms with Crippen LogP contribution >= 0.6 is 0 Å². The number of aliphatic hydroxyl groups is 1. The summed E-state index contributed by atoms with van der Waals surface area (Å²) in [5.74, 6) is -0.748. The van der Waals surface area contributed by atoms with Gasteiger partial charge in [0.05, 0.1) is 13.1 Å². The van der Waals surface area contributed by atoms with E-state index >= 15 is 0 Å². The van der Waals surface area contributed by atoms with Crippen LogP contribution in [0.25, 0.3) is 0 Å². The molecule has 0 aromatic carbocycles. The van der Waals surface area contributed by atoms with Gasteiger partial charge in [0.1, 0.15) is 12.6 Å². The summed E-state index contributed by atoms with van der Waals surface area (Å²) in [6.45, 7) is 10.5. The number of aliphatic hydroxyl groups excluding tert-OH is 1. The van der Waals surface area contributed by atoms with Crippen molar-refractivity contribution in [1.29, 1.82) is 0 Å². The van der Waals surface area contributed by atoms with Crippen molar-refractivity contribution in [2.24, 2.45) is 0 Å². The molecule has 24 heavy (non-hydrogen) atoms. The maximum atomic E-state index is 11.5. The van der Waals surface area contributed by atoms with Gasteiger partial charge in [0.25, 0.3) is 0 Å². The molecule has 0 amide bonds. The van der Waals surface area contributed by atoms with Crippen LogP contribution in [-0.2, 0) is 4.79 Å². The molecule has 2 N–H and O–H groups in total. The number of allylic oxidation sites excluding steroid dienone is 1. The predicted octanol–water partition coefficient (Wildman–Crippen LogP) is 4.38. The molecule has 142 valence electrons. The maximum absolute atomic E-state index is 11.5. The molecule has 0 saturated carbocycles. The van der Waals surface area contributed by atoms with Gasteiger partial charge < -0.3 is 14.7 Å². The molecular weight excluding hydrogens is 302 g/mol. The molecule has 0 radical (unpaired) electrons. The van der Waals surface area contributed by atoms with E-state index in [0.29, 0.717) is 11.0 Å². The fraction of sp³-hybridized carbons (Fsp3) is 0.850. The first-order valence-electron chi connectivity index (χ1n) is 9.85. The van der Waals surface area contributed by atoms with Gasteiger partial charge in [-0.1, -0.05) is 39.2 Å². The Balaban J connectivity index is 4.78. The summed E-state index contributed by atoms with van der Waals surface area (Å²) in [4.78, 5) is 11.5. The lowest BCUT2D eigenvalue weighted by Gasteiger charge is -2.39. The number of unbranched alkanes of at least 4 members (excludes halogenated alkanes) is 6. The first-order valence-corrected chi connectivity index (χ1v) is 9.85. The van der Waals surface area contributed by atoms with Crippen molar-refractivity contribution in [1.82, 2.24) is 0 Å². The molecule has 0 bridgehead atoms. The minimum atomic E-state index is -0.748. The molecule has 0 aliphatic carbocycles. The van der Waals surface area contributed by atoms with E-state index in [-0.39, 0.29) is 6.54 Å². The molecule has 0 aromatic heterocycles. The van der Waals surface area contributed by atoms with Gasteiger partial charge in [-0.25, -0.2) is 4.79 Å². The minimum Gasteiger partial charge on any atom is -0.477 e. The highest BCUT2D eigenvalue weighted by Gasteiger charge is 2.32. The summed E-state index contributed by atoms with van der Waals surface area (Å²) in [5.41, 5.74) is 0. The molecule has 0 heterocycles. The predicted molar refractivity (Wildman–Crippen MR) is 101 cm³/mol. The first-order chi connectivity index (χ1) is 11.5. The molecule has 0 fully saturated rings. The van der Waals surface area contributed by atoms with E-state index in [0.717, 1.165) is 77.3 Å². The Bertz CT molecular complexity index is 321. The van der Waals surface area contributed by atoms with E-state index in [4.69, 9.17) is 0 Å². The van der Waals surface area contributed by atoms with Gasteiger partial charge in [0.15, 0.2) is 6.54 Å². The summed E-state index contributed by atoms with van der Waals surface area (Å²) in [6.07, 6.45) is 11.9. The number of carbonyl (C=O) groups is 1. The molecule has 0 aliphatic heterocycles. The zero-order chi connectivity index (χ0) is 18.3. The third-order valence-corrected chi connectivity index (χ3v) is 4.74. The Hall–Kier alpha value is -0.870. The van der Waals surface area contributed by atoms with E-state index < -0.39 is 12.1 Å². The fourth-order valence-corrected chi connectivity index (χ4v) is 3.41. The Labute approximate surface area is 149 Å². The Morgan fingerprint density at radius 2 is 1.62 bits per heavy atom. The molecule has 4 heteroatoms. The maximum Gasteiger partial charge on any atom is 0.359 e. The lowest BCUT2D eigenvalue weighted by molar-refractivity contribution is -0.924. The largest absolute Gasteiger partial charge is 0.477 e. The number of nitrogens with zero attached hydrogens (tertiary/aromatic N) is 1. The van der Waals surface area contributed by atoms with E-state index in [1.54, 1.807) is 0 Å². The van der Waals surface area contributed by atoms with E-state index in [2.05, 4.69) is 20.4 Å². The van der Waals surface area contributed by atoms with Crippen LogP contribution in [0.2, 0.25) is 0 Å². The van der Waals surface area contributed by atoms with Crippen LogP contribution in [-0.4, -0.2) is 52.9 Å². The molecule has 0 aliphatic rings. The van der Waals surface area contributed by atoms with Crippen molar-refractivity contribution in [2.75, 3.05) is 26.2 Å². The van der Waals surface area contributed by atoms with Crippen molar-refractivity contribution in [2.45, 2.75) is 84.2 Å². The normalized spacial score (nSPS) is 13.0. The Kier molecular flexibility index (Phi) is 13.9. The minimum absolute atomic E-state index is 0.136. The molecule has 0 saturated heterocycles. The van der Waals surface area contributed by atoms with Crippen LogP contribution in [0, 0.1) is 0 Å². The van der Waals surface area contributed by atoms with Gasteiger partial charge in [-0.05, 0) is 44.9 Å². The van der Waals surface area contributed by atoms with Crippen LogP contribution in [0.4, 0.5) is 0 Å². The third-order valence-electron chi connectivity index (χ3n) is 4.74. The van der Waals surface area contributed by atoms with Crippen LogP contribution in [0.15, 0.2) is 12.7 Å². The number of carboxylic acids is 1. The van der Waals surface area contributed by atoms with Crippen molar-refractivity contribution >= 4 is 5.97 Å². The van der Waals surface area contributed by atoms with Gasteiger partial charge in [0.2, 0.25) is 0 Å². The van der Waals surface area contributed by atoms with Gasteiger partial charge in [-0.2, -0.15) is 0 Å². The first kappa shape index (κ1) is 23.1. The molecule has 0 aromatic rings. The lowest BCUT2D eigenvalue weighted by Crippen LogP contribution is -2.56. The van der Waals surface area contributed by atoms with Gasteiger partial charge in [-0.3, -0.25) is 0 Å². The highest BCUT2D eigenvalue weighted by atomic mass is 16.4. The van der Waals surface area contributed by atoms with Crippen LogP contribution < -0.4 is 0 Å². The Morgan fingerprint density at radius 1 is 1.04 bits per heavy atom. The van der Waals surface area contributed by atoms with Crippen LogP contribution in [0.3, 0.4) is 0 Å². The zero-order valence-corrected chi connectivity index (χ0v) is 16.0. The molecule has 1 atom stereocenters. The SMILES string of the molecule is C=CCCCCC(O)C[N+](CCCCC)(CCCCC)CC(=O)O. The van der Waals surface area contributed by atoms with Gasteiger partial charge >= 0.3 is 5.97 Å². The summed E-state index contributed by atoms with van der Waals surface area (Å²) in [7, 11) is 0. The van der Waals surface area contributed by atoms with E-state index in [1.807, 2.05) is 6.08 Å². The van der Waals surface area contributed by atoms with E-state index in [9.17, 15) is 15.0 Å². The van der Waals surface area contributed by atoms with Crippen molar-refractivity contribution < 1.29 is 19.5 Å². The van der Waals surface area contributed by atoms with Gasteiger partial charge in [-0.15, -0.1) is 6.58 Å². The highest BCUT2D eigenvalue weighted by molar-refractivity contribution is 5.67. The number of aliphatic carboxylic acids is 1. The van der Waals surface area contributed by atoms with Crippen LogP contribution in [0.1, 0.15) is 78.1 Å². The number of rotatable bonds is 17. The molecule has 4 nitrogen and oxygen atoms in total.